The van der Waals surface area contributed by atoms with E-state index in [1.165, 1.54) is 28.8 Å². The highest BCUT2D eigenvalue weighted by Crippen LogP contribution is 2.45. The average molecular weight is 716 g/mol. The standard InChI is InChI=1S/C40H30FN3O5S2/c1-25-8-5-6-9-29(25)23-48-31-20-16-27(17-21-31)36(45)34-35(28-10-7-13-33(22-28)49-32-11-3-2-4-12-32)44(38(47)37(34)46)39-42-43-40(51-39)50-24-26-14-18-30(41)19-15-26/h2-22,35,45H,23-24H2,1H3/b36-34+. The Bertz CT molecular complexity index is 2220. The number of aliphatic hydroxyl groups is 1. The van der Waals surface area contributed by atoms with Crippen molar-refractivity contribution in [2.24, 2.45) is 0 Å². The van der Waals surface area contributed by atoms with E-state index in [1.54, 1.807) is 60.7 Å². The Morgan fingerprint density at radius 2 is 1.57 bits per heavy atom. The first kappa shape index (κ1) is 33.7. The van der Waals surface area contributed by atoms with E-state index in [0.717, 1.165) is 28.0 Å². The molecule has 0 saturated carbocycles. The Hall–Kier alpha value is -5.78. The number of rotatable bonds is 11. The van der Waals surface area contributed by atoms with Gasteiger partial charge in [0.05, 0.1) is 11.6 Å². The third-order valence-electron chi connectivity index (χ3n) is 8.26. The summed E-state index contributed by atoms with van der Waals surface area (Å²) in [5.74, 6) is -0.192. The van der Waals surface area contributed by atoms with Crippen LogP contribution in [0.5, 0.6) is 17.2 Å². The molecule has 5 aromatic carbocycles. The number of hydrogen-bond donors (Lipinski definition) is 1. The number of ketones is 1. The summed E-state index contributed by atoms with van der Waals surface area (Å²) < 4.78 is 26.0. The van der Waals surface area contributed by atoms with Crippen LogP contribution in [-0.2, 0) is 21.9 Å². The fourth-order valence-electron chi connectivity index (χ4n) is 5.60. The first-order chi connectivity index (χ1) is 24.8. The van der Waals surface area contributed by atoms with Gasteiger partial charge in [0.25, 0.3) is 5.78 Å². The van der Waals surface area contributed by atoms with E-state index in [0.29, 0.717) is 45.1 Å². The Morgan fingerprint density at radius 3 is 2.33 bits per heavy atom. The van der Waals surface area contributed by atoms with Crippen LogP contribution in [0.4, 0.5) is 9.52 Å². The van der Waals surface area contributed by atoms with Crippen LogP contribution in [0.1, 0.15) is 33.9 Å². The van der Waals surface area contributed by atoms with Crippen LogP contribution in [0, 0.1) is 12.7 Å². The molecule has 2 heterocycles. The van der Waals surface area contributed by atoms with Crippen molar-refractivity contribution in [2.75, 3.05) is 4.90 Å². The van der Waals surface area contributed by atoms with Gasteiger partial charge in [0.1, 0.15) is 35.4 Å². The second-order valence-electron chi connectivity index (χ2n) is 11.7. The van der Waals surface area contributed by atoms with Gasteiger partial charge >= 0.3 is 5.91 Å². The van der Waals surface area contributed by atoms with E-state index in [-0.39, 0.29) is 22.3 Å². The van der Waals surface area contributed by atoms with Crippen molar-refractivity contribution < 1.29 is 28.6 Å². The van der Waals surface area contributed by atoms with Crippen molar-refractivity contribution in [3.8, 4) is 17.2 Å². The molecule has 0 spiro atoms. The molecule has 7 rings (SSSR count). The van der Waals surface area contributed by atoms with Gasteiger partial charge in [0, 0.05) is 11.3 Å². The minimum Gasteiger partial charge on any atom is -0.507 e. The SMILES string of the molecule is Cc1ccccc1COc1ccc(/C(O)=C2\C(=O)C(=O)N(c3nnc(SCc4ccc(F)cc4)s3)C2c2cccc(Oc3ccccc3)c2)cc1. The highest BCUT2D eigenvalue weighted by atomic mass is 32.2. The predicted molar refractivity (Wildman–Crippen MR) is 196 cm³/mol. The van der Waals surface area contributed by atoms with Crippen molar-refractivity contribution in [2.45, 2.75) is 29.7 Å². The molecule has 1 saturated heterocycles. The van der Waals surface area contributed by atoms with Gasteiger partial charge in [-0.25, -0.2) is 4.39 Å². The van der Waals surface area contributed by atoms with Gasteiger partial charge in [-0.15, -0.1) is 10.2 Å². The Labute approximate surface area is 301 Å². The molecular formula is C40H30FN3O5S2. The second-order valence-corrected chi connectivity index (χ2v) is 13.8. The lowest BCUT2D eigenvalue weighted by Gasteiger charge is -2.23. The lowest BCUT2D eigenvalue weighted by atomic mass is 9.95. The summed E-state index contributed by atoms with van der Waals surface area (Å²) in [6, 6.07) is 36.1. The lowest BCUT2D eigenvalue weighted by Crippen LogP contribution is -2.29. The van der Waals surface area contributed by atoms with E-state index >= 15 is 0 Å². The smallest absolute Gasteiger partial charge is 0.301 e. The van der Waals surface area contributed by atoms with Gasteiger partial charge in [0.15, 0.2) is 4.34 Å². The van der Waals surface area contributed by atoms with Crippen LogP contribution in [0.15, 0.2) is 137 Å². The number of halogens is 1. The van der Waals surface area contributed by atoms with Crippen molar-refractivity contribution >= 4 is 45.7 Å². The lowest BCUT2D eigenvalue weighted by molar-refractivity contribution is -0.132. The zero-order valence-electron chi connectivity index (χ0n) is 27.2. The van der Waals surface area contributed by atoms with Gasteiger partial charge in [-0.05, 0) is 89.8 Å². The summed E-state index contributed by atoms with van der Waals surface area (Å²) in [6.07, 6.45) is 0. The number of thioether (sulfide) groups is 1. The van der Waals surface area contributed by atoms with Crippen LogP contribution >= 0.6 is 23.1 Å². The van der Waals surface area contributed by atoms with Gasteiger partial charge in [-0.1, -0.05) is 89.8 Å². The summed E-state index contributed by atoms with van der Waals surface area (Å²) in [5, 5.41) is 20.5. The van der Waals surface area contributed by atoms with E-state index in [1.807, 2.05) is 61.5 Å². The molecule has 6 aromatic rings. The number of carbonyl (C=O) groups is 2. The Balaban J connectivity index is 1.22. The molecule has 1 N–H and O–H groups in total. The summed E-state index contributed by atoms with van der Waals surface area (Å²) in [5.41, 5.74) is 3.82. The van der Waals surface area contributed by atoms with Crippen LogP contribution < -0.4 is 14.4 Å². The minimum absolute atomic E-state index is 0.0962. The zero-order chi connectivity index (χ0) is 35.3. The Morgan fingerprint density at radius 1 is 0.843 bits per heavy atom. The number of carbonyl (C=O) groups excluding carboxylic acids is 2. The molecule has 1 fully saturated rings. The third-order valence-corrected chi connectivity index (χ3v) is 10.4. The molecule has 51 heavy (non-hydrogen) atoms. The molecule has 0 radical (unpaired) electrons. The first-order valence-corrected chi connectivity index (χ1v) is 17.8. The van der Waals surface area contributed by atoms with Crippen LogP contribution in [0.25, 0.3) is 5.76 Å². The van der Waals surface area contributed by atoms with Crippen LogP contribution in [-0.4, -0.2) is 27.0 Å². The maximum Gasteiger partial charge on any atom is 0.301 e. The fraction of sp³-hybridized carbons (Fsp3) is 0.100. The van der Waals surface area contributed by atoms with Crippen molar-refractivity contribution in [3.05, 3.63) is 167 Å². The average Bonchev–Trinajstić information content (AvgIpc) is 3.73. The van der Waals surface area contributed by atoms with Crippen molar-refractivity contribution in [3.63, 3.8) is 0 Å². The minimum atomic E-state index is -1.04. The number of aryl methyl sites for hydroxylation is 1. The molecule has 1 aromatic heterocycles. The number of nitrogens with zero attached hydrogens (tertiary/aromatic N) is 3. The fourth-order valence-corrected chi connectivity index (χ4v) is 7.42. The molecule has 1 aliphatic rings. The molecule has 254 valence electrons. The number of anilines is 1. The molecule has 0 aliphatic carbocycles. The number of benzene rings is 5. The summed E-state index contributed by atoms with van der Waals surface area (Å²) >= 11 is 2.52. The number of aliphatic hydroxyl groups excluding tert-OH is 1. The molecule has 8 nitrogen and oxygen atoms in total. The molecular weight excluding hydrogens is 686 g/mol. The van der Waals surface area contributed by atoms with Gasteiger partial charge in [-0.2, -0.15) is 0 Å². The molecule has 1 amide bonds. The van der Waals surface area contributed by atoms with E-state index < -0.39 is 17.7 Å². The highest BCUT2D eigenvalue weighted by Gasteiger charge is 2.48. The molecule has 11 heteroatoms. The first-order valence-electron chi connectivity index (χ1n) is 16.0. The van der Waals surface area contributed by atoms with Gasteiger partial charge < -0.3 is 14.6 Å². The number of amides is 1. The largest absolute Gasteiger partial charge is 0.507 e. The Kier molecular flexibility index (Phi) is 9.91. The second kappa shape index (κ2) is 15.0. The van der Waals surface area contributed by atoms with Crippen molar-refractivity contribution in [1.29, 1.82) is 0 Å². The van der Waals surface area contributed by atoms with E-state index in [4.69, 9.17) is 9.47 Å². The third kappa shape index (κ3) is 7.54. The summed E-state index contributed by atoms with van der Waals surface area (Å²) in [6.45, 7) is 2.39. The molecule has 1 aliphatic heterocycles. The molecule has 0 bridgehead atoms. The van der Waals surface area contributed by atoms with E-state index in [2.05, 4.69) is 10.2 Å². The van der Waals surface area contributed by atoms with Gasteiger partial charge in [-0.3, -0.25) is 14.5 Å². The quantitative estimate of drug-likeness (QED) is 0.0466. The van der Waals surface area contributed by atoms with Crippen LogP contribution in [0.3, 0.4) is 0 Å². The maximum absolute atomic E-state index is 13.8. The zero-order valence-corrected chi connectivity index (χ0v) is 28.9. The summed E-state index contributed by atoms with van der Waals surface area (Å²) in [4.78, 5) is 28.9. The highest BCUT2D eigenvalue weighted by molar-refractivity contribution is 8.00. The van der Waals surface area contributed by atoms with Crippen molar-refractivity contribution in [1.82, 2.24) is 10.2 Å². The predicted octanol–water partition coefficient (Wildman–Crippen LogP) is 9.28. The monoisotopic (exact) mass is 715 g/mol. The number of para-hydroxylation sites is 1. The molecule has 1 unspecified atom stereocenters. The maximum atomic E-state index is 13.8. The molecule has 1 atom stereocenters. The van der Waals surface area contributed by atoms with Crippen LogP contribution in [0.2, 0.25) is 0 Å². The summed E-state index contributed by atoms with van der Waals surface area (Å²) in [7, 11) is 0. The topological polar surface area (TPSA) is 102 Å². The number of ether oxygens (including phenoxy) is 2. The number of aromatic nitrogens is 2. The van der Waals surface area contributed by atoms with E-state index in [9.17, 15) is 19.1 Å². The number of hydrogen-bond acceptors (Lipinski definition) is 9. The number of Topliss-reactive ketones (excluding diaryl/α,β-unsaturated/α-hetero) is 1. The normalized spacial score (nSPS) is 15.3. The van der Waals surface area contributed by atoms with Gasteiger partial charge in [0.2, 0.25) is 5.13 Å².